The number of fused-ring (bicyclic) bond motifs is 1. The molecule has 29 heavy (non-hydrogen) atoms. The Balaban J connectivity index is 1.83. The Morgan fingerprint density at radius 2 is 1.97 bits per heavy atom. The van der Waals surface area contributed by atoms with E-state index in [0.29, 0.717) is 23.9 Å². The van der Waals surface area contributed by atoms with Crippen LogP contribution in [0, 0.1) is 6.92 Å². The van der Waals surface area contributed by atoms with Crippen molar-refractivity contribution in [2.75, 3.05) is 12.4 Å². The molecule has 1 aliphatic rings. The van der Waals surface area contributed by atoms with Gasteiger partial charge in [-0.1, -0.05) is 18.2 Å². The summed E-state index contributed by atoms with van der Waals surface area (Å²) in [5.74, 6) is 2.07. The van der Waals surface area contributed by atoms with Crippen molar-refractivity contribution in [3.8, 4) is 17.4 Å². The van der Waals surface area contributed by atoms with Gasteiger partial charge in [-0.25, -0.2) is 0 Å². The quantitative estimate of drug-likeness (QED) is 0.716. The van der Waals surface area contributed by atoms with Crippen LogP contribution in [-0.2, 0) is 4.79 Å². The number of rotatable bonds is 5. The molecule has 4 rings (SSSR count). The number of nitrogens with one attached hydrogen (secondary N) is 1. The molecule has 0 unspecified atom stereocenters. The van der Waals surface area contributed by atoms with Crippen molar-refractivity contribution < 1.29 is 14.3 Å². The van der Waals surface area contributed by atoms with Crippen LogP contribution in [0.2, 0.25) is 0 Å². The molecule has 8 heteroatoms. The van der Waals surface area contributed by atoms with E-state index in [-0.39, 0.29) is 17.9 Å². The minimum atomic E-state index is -0.159. The van der Waals surface area contributed by atoms with Gasteiger partial charge in [0, 0.05) is 29.5 Å². The molecule has 8 nitrogen and oxygen atoms in total. The summed E-state index contributed by atoms with van der Waals surface area (Å²) in [5, 5.41) is 15.8. The fraction of sp³-hybridized carbons (Fsp3) is 0.333. The number of ether oxygens (including phenoxy) is 2. The average Bonchev–Trinajstić information content (AvgIpc) is 3.04. The molecule has 3 heterocycles. The van der Waals surface area contributed by atoms with E-state index in [4.69, 9.17) is 9.47 Å². The number of carbonyl (C=O) groups is 1. The third kappa shape index (κ3) is 3.53. The first-order chi connectivity index (χ1) is 14.0. The number of hydrogen-bond donors (Lipinski definition) is 1. The van der Waals surface area contributed by atoms with Gasteiger partial charge in [0.25, 0.3) is 0 Å². The van der Waals surface area contributed by atoms with Crippen molar-refractivity contribution in [3.05, 3.63) is 53.2 Å². The summed E-state index contributed by atoms with van der Waals surface area (Å²) in [6.45, 7) is 5.91. The van der Waals surface area contributed by atoms with E-state index < -0.39 is 0 Å². The van der Waals surface area contributed by atoms with Crippen LogP contribution < -0.4 is 14.8 Å². The molecule has 0 saturated heterocycles. The first-order valence-electron chi connectivity index (χ1n) is 9.51. The van der Waals surface area contributed by atoms with Crippen molar-refractivity contribution in [3.63, 3.8) is 0 Å². The highest BCUT2D eigenvalue weighted by atomic mass is 16.5. The highest BCUT2D eigenvalue weighted by Gasteiger charge is 2.34. The number of carbonyl (C=O) groups excluding carboxylic acids is 1. The molecule has 1 amide bonds. The number of aromatic nitrogens is 4. The fourth-order valence-corrected chi connectivity index (χ4v) is 3.64. The number of nitrogens with zero attached hydrogens (tertiary/aromatic N) is 4. The Hall–Kier alpha value is -3.42. The molecule has 2 aromatic heterocycles. The maximum atomic E-state index is 12.6. The third-order valence-electron chi connectivity index (χ3n) is 4.81. The highest BCUT2D eigenvalue weighted by molar-refractivity contribution is 5.95. The van der Waals surface area contributed by atoms with Crippen molar-refractivity contribution >= 4 is 11.7 Å². The molecular formula is C21H23N5O3. The second-order valence-corrected chi connectivity index (χ2v) is 7.20. The minimum absolute atomic E-state index is 0.0337. The summed E-state index contributed by atoms with van der Waals surface area (Å²) in [7, 11) is 1.53. The molecule has 0 spiro atoms. The average molecular weight is 393 g/mol. The molecular weight excluding hydrogens is 370 g/mol. The lowest BCUT2D eigenvalue weighted by atomic mass is 9.85. The van der Waals surface area contributed by atoms with Gasteiger partial charge in [0.05, 0.1) is 18.9 Å². The van der Waals surface area contributed by atoms with Gasteiger partial charge in [-0.05, 0) is 32.9 Å². The van der Waals surface area contributed by atoms with Gasteiger partial charge in [0.2, 0.25) is 11.8 Å². The van der Waals surface area contributed by atoms with Gasteiger partial charge in [0.15, 0.2) is 5.82 Å². The summed E-state index contributed by atoms with van der Waals surface area (Å²) in [6.07, 6.45) is 0.359. The van der Waals surface area contributed by atoms with Crippen LogP contribution in [0.15, 0.2) is 36.4 Å². The summed E-state index contributed by atoms with van der Waals surface area (Å²) in [4.78, 5) is 12.6. The standard InChI is InChI=1S/C21H23N5O3/c1-12(2)29-16-8-6-5-7-14(16)15-11-18(27)22-21-20(15)13(3)25-26(21)17-9-10-19(28-4)24-23-17/h5-10,12,15H,11H2,1-4H3,(H,22,27)/t15-/m1/s1. The van der Waals surface area contributed by atoms with Crippen LogP contribution in [-0.4, -0.2) is 39.1 Å². The maximum Gasteiger partial charge on any atom is 0.233 e. The molecule has 0 fully saturated rings. The molecule has 1 aromatic carbocycles. The molecule has 3 aromatic rings. The van der Waals surface area contributed by atoms with Gasteiger partial charge >= 0.3 is 0 Å². The second-order valence-electron chi connectivity index (χ2n) is 7.20. The first-order valence-corrected chi connectivity index (χ1v) is 9.51. The summed E-state index contributed by atoms with van der Waals surface area (Å²) in [5.41, 5.74) is 2.75. The SMILES string of the molecule is COc1ccc(-n2nc(C)c3c2NC(=O)C[C@@H]3c2ccccc2OC(C)C)nn1. The Bertz CT molecular complexity index is 1040. The van der Waals surface area contributed by atoms with Crippen molar-refractivity contribution in [2.24, 2.45) is 0 Å². The van der Waals surface area contributed by atoms with E-state index in [1.165, 1.54) is 7.11 Å². The zero-order valence-electron chi connectivity index (χ0n) is 16.8. The molecule has 150 valence electrons. The Morgan fingerprint density at radius 1 is 1.17 bits per heavy atom. The van der Waals surface area contributed by atoms with Crippen LogP contribution in [0.3, 0.4) is 0 Å². The number of benzene rings is 1. The van der Waals surface area contributed by atoms with Crippen LogP contribution in [0.5, 0.6) is 11.6 Å². The van der Waals surface area contributed by atoms with Gasteiger partial charge in [-0.2, -0.15) is 9.78 Å². The number of para-hydroxylation sites is 1. The predicted octanol–water partition coefficient (Wildman–Crippen LogP) is 3.24. The lowest BCUT2D eigenvalue weighted by molar-refractivity contribution is -0.116. The number of anilines is 1. The number of methoxy groups -OCH3 is 1. The Kier molecular flexibility index (Phi) is 4.92. The zero-order valence-corrected chi connectivity index (χ0v) is 16.8. The van der Waals surface area contributed by atoms with Crippen molar-refractivity contribution in [1.29, 1.82) is 0 Å². The monoisotopic (exact) mass is 393 g/mol. The smallest absolute Gasteiger partial charge is 0.233 e. The van der Waals surface area contributed by atoms with Crippen LogP contribution in [0.25, 0.3) is 5.82 Å². The van der Waals surface area contributed by atoms with Gasteiger partial charge in [-0.15, -0.1) is 10.2 Å². The largest absolute Gasteiger partial charge is 0.491 e. The van der Waals surface area contributed by atoms with E-state index in [1.54, 1.807) is 16.8 Å². The Labute approximate surface area is 168 Å². The van der Waals surface area contributed by atoms with Crippen LogP contribution >= 0.6 is 0 Å². The van der Waals surface area contributed by atoms with E-state index in [0.717, 1.165) is 22.6 Å². The maximum absolute atomic E-state index is 12.6. The summed E-state index contributed by atoms with van der Waals surface area (Å²) < 4.78 is 12.7. The first kappa shape index (κ1) is 18.9. The Morgan fingerprint density at radius 3 is 2.66 bits per heavy atom. The van der Waals surface area contributed by atoms with Gasteiger partial charge in [0.1, 0.15) is 11.6 Å². The van der Waals surface area contributed by atoms with Crippen molar-refractivity contribution in [2.45, 2.75) is 39.2 Å². The normalized spacial score (nSPS) is 15.8. The van der Waals surface area contributed by atoms with Gasteiger partial charge in [-0.3, -0.25) is 4.79 Å². The molecule has 0 bridgehead atoms. The molecule has 1 atom stereocenters. The van der Waals surface area contributed by atoms with Crippen molar-refractivity contribution in [1.82, 2.24) is 20.0 Å². The number of amides is 1. The topological polar surface area (TPSA) is 91.2 Å². The number of aryl methyl sites for hydroxylation is 1. The second kappa shape index (κ2) is 7.54. The van der Waals surface area contributed by atoms with E-state index in [1.807, 2.05) is 45.0 Å². The molecule has 0 saturated carbocycles. The highest BCUT2D eigenvalue weighted by Crippen LogP contribution is 2.43. The zero-order chi connectivity index (χ0) is 20.5. The summed E-state index contributed by atoms with van der Waals surface area (Å²) >= 11 is 0. The lowest BCUT2D eigenvalue weighted by Crippen LogP contribution is -2.25. The fourth-order valence-electron chi connectivity index (χ4n) is 3.64. The van der Waals surface area contributed by atoms with E-state index >= 15 is 0 Å². The molecule has 0 aliphatic carbocycles. The van der Waals surface area contributed by atoms with Gasteiger partial charge < -0.3 is 14.8 Å². The van der Waals surface area contributed by atoms with E-state index in [2.05, 4.69) is 20.6 Å². The van der Waals surface area contributed by atoms with E-state index in [9.17, 15) is 4.79 Å². The summed E-state index contributed by atoms with van der Waals surface area (Å²) in [6, 6.07) is 11.3. The minimum Gasteiger partial charge on any atom is -0.491 e. The third-order valence-corrected chi connectivity index (χ3v) is 4.81. The molecule has 0 radical (unpaired) electrons. The van der Waals surface area contributed by atoms with Crippen LogP contribution in [0.4, 0.5) is 5.82 Å². The lowest BCUT2D eigenvalue weighted by Gasteiger charge is -2.26. The predicted molar refractivity (Wildman–Crippen MR) is 108 cm³/mol. The molecule has 1 N–H and O–H groups in total. The number of hydrogen-bond acceptors (Lipinski definition) is 6. The van der Waals surface area contributed by atoms with Crippen LogP contribution in [0.1, 0.15) is 43.0 Å². The molecule has 1 aliphatic heterocycles.